The zero-order chi connectivity index (χ0) is 19.2. The van der Waals surface area contributed by atoms with E-state index in [0.29, 0.717) is 24.3 Å². The van der Waals surface area contributed by atoms with Gasteiger partial charge in [0.05, 0.1) is 18.4 Å². The van der Waals surface area contributed by atoms with Gasteiger partial charge >= 0.3 is 5.97 Å². The van der Waals surface area contributed by atoms with E-state index in [4.69, 9.17) is 10.00 Å². The molecule has 0 unspecified atom stereocenters. The topological polar surface area (TPSA) is 87.5 Å². The molecule has 0 N–H and O–H groups in total. The fourth-order valence-electron chi connectivity index (χ4n) is 4.17. The van der Waals surface area contributed by atoms with E-state index >= 15 is 0 Å². The van der Waals surface area contributed by atoms with E-state index in [-0.39, 0.29) is 49.2 Å². The number of hydrogen-bond donors (Lipinski definition) is 0. The van der Waals surface area contributed by atoms with Crippen LogP contribution in [0.1, 0.15) is 38.5 Å². The third-order valence-corrected chi connectivity index (χ3v) is 5.54. The molecule has 2 aliphatic carbocycles. The maximum absolute atomic E-state index is 12.6. The van der Waals surface area contributed by atoms with Gasteiger partial charge in [0.2, 0.25) is 0 Å². The molecule has 2 fully saturated rings. The molecule has 2 aliphatic rings. The van der Waals surface area contributed by atoms with Crippen LogP contribution in [0.25, 0.3) is 0 Å². The molecule has 142 valence electrons. The van der Waals surface area contributed by atoms with Gasteiger partial charge in [0.15, 0.2) is 6.61 Å². The third-order valence-electron chi connectivity index (χ3n) is 5.54. The number of hydrogen-bond acceptors (Lipinski definition) is 5. The van der Waals surface area contributed by atoms with Gasteiger partial charge in [-0.25, -0.2) is 0 Å². The minimum Gasteiger partial charge on any atom is -0.455 e. The Morgan fingerprint density at radius 3 is 2.44 bits per heavy atom. The summed E-state index contributed by atoms with van der Waals surface area (Å²) < 4.78 is 5.30. The molecule has 6 heteroatoms. The summed E-state index contributed by atoms with van der Waals surface area (Å²) in [6.07, 6.45) is 4.04. The maximum Gasteiger partial charge on any atom is 0.309 e. The number of esters is 1. The number of ether oxygens (including phenoxy) is 1. The molecule has 2 bridgehead atoms. The molecule has 27 heavy (non-hydrogen) atoms. The number of benzene rings is 1. The van der Waals surface area contributed by atoms with E-state index in [1.165, 1.54) is 4.90 Å². The van der Waals surface area contributed by atoms with E-state index in [0.717, 1.165) is 19.3 Å². The Balaban J connectivity index is 1.57. The zero-order valence-corrected chi connectivity index (χ0v) is 15.3. The SMILES string of the molecule is N#CCCN(C(=O)COC(=O)C1C[C@H]2CCC[C@H](C1)C2=O)c1ccccc1. The van der Waals surface area contributed by atoms with Crippen molar-refractivity contribution in [1.29, 1.82) is 5.26 Å². The van der Waals surface area contributed by atoms with Crippen LogP contribution in [0.3, 0.4) is 0 Å². The highest BCUT2D eigenvalue weighted by Crippen LogP contribution is 2.40. The summed E-state index contributed by atoms with van der Waals surface area (Å²) in [6.45, 7) is -0.0993. The lowest BCUT2D eigenvalue weighted by molar-refractivity contribution is -0.156. The molecule has 6 nitrogen and oxygen atoms in total. The fourth-order valence-corrected chi connectivity index (χ4v) is 4.17. The Kier molecular flexibility index (Phi) is 6.23. The fraction of sp³-hybridized carbons (Fsp3) is 0.524. The second-order valence-electron chi connectivity index (χ2n) is 7.29. The van der Waals surface area contributed by atoms with Crippen LogP contribution >= 0.6 is 0 Å². The summed E-state index contributed by atoms with van der Waals surface area (Å²) in [5, 5.41) is 8.83. The van der Waals surface area contributed by atoms with Crippen molar-refractivity contribution in [3.05, 3.63) is 30.3 Å². The predicted molar refractivity (Wildman–Crippen MR) is 98.5 cm³/mol. The molecular weight excluding hydrogens is 344 g/mol. The number of Topliss-reactive ketones (excluding diaryl/α,β-unsaturated/α-hetero) is 1. The van der Waals surface area contributed by atoms with Crippen LogP contribution < -0.4 is 4.90 Å². The van der Waals surface area contributed by atoms with Crippen molar-refractivity contribution in [1.82, 2.24) is 0 Å². The van der Waals surface area contributed by atoms with Crippen LogP contribution in [-0.2, 0) is 19.1 Å². The molecule has 2 atom stereocenters. The van der Waals surface area contributed by atoms with Crippen molar-refractivity contribution in [2.45, 2.75) is 38.5 Å². The Labute approximate surface area is 159 Å². The minimum absolute atomic E-state index is 0.0257. The Bertz CT molecular complexity index is 724. The number of carbonyl (C=O) groups excluding carboxylic acids is 3. The van der Waals surface area contributed by atoms with Gasteiger partial charge in [0.1, 0.15) is 5.78 Å². The average Bonchev–Trinajstić information content (AvgIpc) is 2.67. The summed E-state index contributed by atoms with van der Waals surface area (Å²) in [6, 6.07) is 11.1. The number of para-hydroxylation sites is 1. The molecule has 0 saturated heterocycles. The highest BCUT2D eigenvalue weighted by Gasteiger charge is 2.42. The summed E-state index contributed by atoms with van der Waals surface area (Å²) in [5.41, 5.74) is 0.673. The molecule has 1 aromatic rings. The Morgan fingerprint density at radius 1 is 1.15 bits per heavy atom. The molecule has 0 aromatic heterocycles. The monoisotopic (exact) mass is 368 g/mol. The first kappa shape index (κ1) is 19.1. The molecule has 2 saturated carbocycles. The lowest BCUT2D eigenvalue weighted by Gasteiger charge is -2.36. The number of amides is 1. The second-order valence-corrected chi connectivity index (χ2v) is 7.29. The van der Waals surface area contributed by atoms with Crippen LogP contribution in [0.5, 0.6) is 0 Å². The standard InChI is InChI=1S/C21H24N2O4/c22-10-5-11-23(18-8-2-1-3-9-18)19(24)14-27-21(26)17-12-15-6-4-7-16(13-17)20(15)25/h1-3,8-9,15-17H,4-7,11-14H2/t15-,16-/m1/s1. The van der Waals surface area contributed by atoms with Crippen molar-refractivity contribution in [3.8, 4) is 6.07 Å². The summed E-state index contributed by atoms with van der Waals surface area (Å²) in [4.78, 5) is 38.6. The smallest absolute Gasteiger partial charge is 0.309 e. The molecule has 0 heterocycles. The number of nitrogens with zero attached hydrogens (tertiary/aromatic N) is 2. The number of nitriles is 1. The highest BCUT2D eigenvalue weighted by molar-refractivity contribution is 5.95. The first-order valence-electron chi connectivity index (χ1n) is 9.53. The van der Waals surface area contributed by atoms with Crippen LogP contribution in [0.15, 0.2) is 30.3 Å². The first-order chi connectivity index (χ1) is 13.1. The molecule has 1 amide bonds. The zero-order valence-electron chi connectivity index (χ0n) is 15.3. The van der Waals surface area contributed by atoms with Gasteiger partial charge in [-0.1, -0.05) is 24.6 Å². The third kappa shape index (κ3) is 4.54. The van der Waals surface area contributed by atoms with Crippen LogP contribution in [0.2, 0.25) is 0 Å². The van der Waals surface area contributed by atoms with Gasteiger partial charge in [0, 0.05) is 24.1 Å². The lowest BCUT2D eigenvalue weighted by Crippen LogP contribution is -2.41. The summed E-state index contributed by atoms with van der Waals surface area (Å²) in [5.74, 6) is -0.787. The molecule has 0 radical (unpaired) electrons. The average molecular weight is 368 g/mol. The summed E-state index contributed by atoms with van der Waals surface area (Å²) >= 11 is 0. The van der Waals surface area contributed by atoms with Crippen LogP contribution in [0.4, 0.5) is 5.69 Å². The number of rotatable bonds is 6. The minimum atomic E-state index is -0.388. The largest absolute Gasteiger partial charge is 0.455 e. The van der Waals surface area contributed by atoms with E-state index < -0.39 is 0 Å². The normalized spacial score (nSPS) is 24.0. The van der Waals surface area contributed by atoms with Crippen molar-refractivity contribution in [3.63, 3.8) is 0 Å². The number of carbonyl (C=O) groups is 3. The van der Waals surface area contributed by atoms with E-state index in [1.54, 1.807) is 12.1 Å². The lowest BCUT2D eigenvalue weighted by atomic mass is 9.67. The quantitative estimate of drug-likeness (QED) is 0.721. The van der Waals surface area contributed by atoms with Gasteiger partial charge in [-0.05, 0) is 37.8 Å². The first-order valence-corrected chi connectivity index (χ1v) is 9.53. The van der Waals surface area contributed by atoms with Crippen molar-refractivity contribution in [2.24, 2.45) is 17.8 Å². The molecule has 3 rings (SSSR count). The van der Waals surface area contributed by atoms with Crippen molar-refractivity contribution in [2.75, 3.05) is 18.1 Å². The van der Waals surface area contributed by atoms with Crippen molar-refractivity contribution >= 4 is 23.3 Å². The molecular formula is C21H24N2O4. The van der Waals surface area contributed by atoms with Crippen LogP contribution in [0, 0.1) is 29.1 Å². The van der Waals surface area contributed by atoms with Gasteiger partial charge in [0.25, 0.3) is 5.91 Å². The number of fused-ring (bicyclic) bond motifs is 2. The Morgan fingerprint density at radius 2 is 1.81 bits per heavy atom. The van der Waals surface area contributed by atoms with Gasteiger partial charge in [-0.15, -0.1) is 0 Å². The van der Waals surface area contributed by atoms with Crippen LogP contribution in [-0.4, -0.2) is 30.8 Å². The second kappa shape index (κ2) is 8.81. The Hall–Kier alpha value is -2.68. The van der Waals surface area contributed by atoms with Gasteiger partial charge < -0.3 is 9.64 Å². The van der Waals surface area contributed by atoms with E-state index in [2.05, 4.69) is 0 Å². The number of anilines is 1. The highest BCUT2D eigenvalue weighted by atomic mass is 16.5. The number of ketones is 1. The van der Waals surface area contributed by atoms with Gasteiger partial charge in [-0.2, -0.15) is 5.26 Å². The molecule has 0 spiro atoms. The van der Waals surface area contributed by atoms with Crippen molar-refractivity contribution < 1.29 is 19.1 Å². The maximum atomic E-state index is 12.6. The van der Waals surface area contributed by atoms with E-state index in [1.807, 2.05) is 24.3 Å². The molecule has 0 aliphatic heterocycles. The molecule has 1 aromatic carbocycles. The van der Waals surface area contributed by atoms with Gasteiger partial charge in [-0.3, -0.25) is 14.4 Å². The summed E-state index contributed by atoms with van der Waals surface area (Å²) in [7, 11) is 0. The van der Waals surface area contributed by atoms with E-state index in [9.17, 15) is 14.4 Å². The predicted octanol–water partition coefficient (Wildman–Crippen LogP) is 2.87.